The molecule has 1 aliphatic heterocycles. The molecule has 19 heavy (non-hydrogen) atoms. The zero-order chi connectivity index (χ0) is 13.2. The maximum atomic E-state index is 10.8. The smallest absolute Gasteiger partial charge is 0.198 e. The van der Waals surface area contributed by atoms with Crippen molar-refractivity contribution in [2.24, 2.45) is 0 Å². The molecular weight excluding hydrogens is 304 g/mol. The predicted octanol–water partition coefficient (Wildman–Crippen LogP) is 3.08. The number of rotatable bonds is 3. The number of carbonyl (C=O) groups excluding carboxylic acids is 1. The fourth-order valence-corrected chi connectivity index (χ4v) is 4.21. The van der Waals surface area contributed by atoms with E-state index in [-0.39, 0.29) is 5.15 Å². The summed E-state index contributed by atoms with van der Waals surface area (Å²) in [5.74, 6) is 1.04. The summed E-state index contributed by atoms with van der Waals surface area (Å²) in [5, 5.41) is 9.53. The fraction of sp³-hybridized carbons (Fsp3) is 0.455. The molecule has 0 saturated carbocycles. The van der Waals surface area contributed by atoms with E-state index in [1.807, 2.05) is 0 Å². The van der Waals surface area contributed by atoms with Gasteiger partial charge in [-0.15, -0.1) is 21.5 Å². The van der Waals surface area contributed by atoms with E-state index in [1.54, 1.807) is 0 Å². The van der Waals surface area contributed by atoms with Crippen molar-refractivity contribution in [2.75, 3.05) is 0 Å². The lowest BCUT2D eigenvalue weighted by atomic mass is 10.2. The molecule has 100 valence electrons. The first-order chi connectivity index (χ1) is 9.28. The molecule has 2 aromatic heterocycles. The highest BCUT2D eigenvalue weighted by molar-refractivity contribution is 8.00. The Hall–Kier alpha value is -0.920. The topological polar surface area (TPSA) is 60.7 Å². The van der Waals surface area contributed by atoms with Crippen LogP contribution in [0.25, 0.3) is 0 Å². The van der Waals surface area contributed by atoms with Gasteiger partial charge in [0.1, 0.15) is 10.7 Å². The van der Waals surface area contributed by atoms with Crippen LogP contribution in [0.15, 0.2) is 9.50 Å². The van der Waals surface area contributed by atoms with Gasteiger partial charge in [0, 0.05) is 13.0 Å². The molecule has 8 heteroatoms. The number of fused-ring (bicyclic) bond motifs is 1. The maximum absolute atomic E-state index is 10.8. The van der Waals surface area contributed by atoms with Gasteiger partial charge >= 0.3 is 0 Å². The Balaban J connectivity index is 1.86. The normalized spacial score (nSPS) is 15.0. The number of hydrogen-bond acceptors (Lipinski definition) is 6. The summed E-state index contributed by atoms with van der Waals surface area (Å²) >= 11 is 8.57. The largest absolute Gasteiger partial charge is 0.306 e. The van der Waals surface area contributed by atoms with Gasteiger partial charge in [0.05, 0.1) is 0 Å². The van der Waals surface area contributed by atoms with Crippen molar-refractivity contribution in [1.29, 1.82) is 0 Å². The molecule has 3 rings (SSSR count). The number of aldehydes is 1. The Labute approximate surface area is 123 Å². The summed E-state index contributed by atoms with van der Waals surface area (Å²) in [7, 11) is 0. The maximum Gasteiger partial charge on any atom is 0.198 e. The number of thiazole rings is 1. The molecule has 5 nitrogen and oxygen atoms in total. The third-order valence-electron chi connectivity index (χ3n) is 2.95. The van der Waals surface area contributed by atoms with Crippen LogP contribution >= 0.6 is 34.7 Å². The molecule has 3 heterocycles. The summed E-state index contributed by atoms with van der Waals surface area (Å²) in [5.41, 5.74) is 0. The first-order valence-corrected chi connectivity index (χ1v) is 8.00. The Morgan fingerprint density at radius 1 is 1.32 bits per heavy atom. The molecule has 0 N–H and O–H groups in total. The SMILES string of the molecule is O=Cc1sc(Sc2nnc3n2CCCCC3)nc1Cl. The van der Waals surface area contributed by atoms with Gasteiger partial charge in [-0.3, -0.25) is 4.79 Å². The van der Waals surface area contributed by atoms with Gasteiger partial charge in [-0.1, -0.05) is 18.0 Å². The Kier molecular flexibility index (Phi) is 3.86. The summed E-state index contributed by atoms with van der Waals surface area (Å²) < 4.78 is 2.87. The average Bonchev–Trinajstić information content (AvgIpc) is 2.85. The minimum Gasteiger partial charge on any atom is -0.306 e. The minimum absolute atomic E-state index is 0.262. The van der Waals surface area contributed by atoms with Crippen LogP contribution in [-0.2, 0) is 13.0 Å². The minimum atomic E-state index is 0.262. The molecule has 0 aliphatic carbocycles. The fourth-order valence-electron chi connectivity index (χ4n) is 2.02. The predicted molar refractivity (Wildman–Crippen MR) is 74.2 cm³/mol. The first-order valence-electron chi connectivity index (χ1n) is 5.99. The van der Waals surface area contributed by atoms with E-state index >= 15 is 0 Å². The van der Waals surface area contributed by atoms with Crippen molar-refractivity contribution < 1.29 is 4.79 Å². The van der Waals surface area contributed by atoms with Crippen molar-refractivity contribution >= 4 is 41.0 Å². The first kappa shape index (κ1) is 13.1. The van der Waals surface area contributed by atoms with Crippen LogP contribution in [-0.4, -0.2) is 26.0 Å². The zero-order valence-corrected chi connectivity index (χ0v) is 12.4. The number of nitrogens with zero attached hydrogens (tertiary/aromatic N) is 4. The number of hydrogen-bond donors (Lipinski definition) is 0. The van der Waals surface area contributed by atoms with Crippen LogP contribution in [0.3, 0.4) is 0 Å². The summed E-state index contributed by atoms with van der Waals surface area (Å²) in [6, 6.07) is 0. The molecule has 0 aromatic carbocycles. The van der Waals surface area contributed by atoms with Crippen LogP contribution in [0, 0.1) is 0 Å². The molecule has 0 atom stereocenters. The third kappa shape index (κ3) is 2.68. The number of carbonyl (C=O) groups is 1. The molecule has 2 aromatic rings. The standard InChI is InChI=1S/C11H11ClN4OS2/c12-9-7(6-17)18-11(13-9)19-10-15-14-8-4-2-1-3-5-16(8)10/h6H,1-5H2. The Morgan fingerprint density at radius 2 is 2.21 bits per heavy atom. The van der Waals surface area contributed by atoms with Gasteiger partial charge in [-0.25, -0.2) is 4.98 Å². The van der Waals surface area contributed by atoms with E-state index in [0.717, 1.165) is 41.0 Å². The van der Waals surface area contributed by atoms with Crippen LogP contribution in [0.2, 0.25) is 5.15 Å². The molecule has 1 aliphatic rings. The van der Waals surface area contributed by atoms with Gasteiger partial charge < -0.3 is 4.57 Å². The lowest BCUT2D eigenvalue weighted by Gasteiger charge is -2.04. The second-order valence-corrected chi connectivity index (χ2v) is 6.82. The van der Waals surface area contributed by atoms with Crippen LogP contribution in [0.5, 0.6) is 0 Å². The van der Waals surface area contributed by atoms with Gasteiger partial charge in [-0.2, -0.15) is 0 Å². The molecule has 0 bridgehead atoms. The van der Waals surface area contributed by atoms with E-state index in [9.17, 15) is 4.79 Å². The van der Waals surface area contributed by atoms with E-state index < -0.39 is 0 Å². The van der Waals surface area contributed by atoms with Crippen molar-refractivity contribution in [3.8, 4) is 0 Å². The van der Waals surface area contributed by atoms with E-state index in [2.05, 4.69) is 19.7 Å². The average molecular weight is 315 g/mol. The summed E-state index contributed by atoms with van der Waals surface area (Å²) in [6.45, 7) is 0.949. The zero-order valence-electron chi connectivity index (χ0n) is 10.0. The molecular formula is C11H11ClN4OS2. The van der Waals surface area contributed by atoms with Crippen molar-refractivity contribution in [1.82, 2.24) is 19.7 Å². The highest BCUT2D eigenvalue weighted by Crippen LogP contribution is 2.34. The monoisotopic (exact) mass is 314 g/mol. The van der Waals surface area contributed by atoms with Gasteiger partial charge in [0.15, 0.2) is 20.9 Å². The lowest BCUT2D eigenvalue weighted by molar-refractivity contribution is 0.112. The third-order valence-corrected chi connectivity index (χ3v) is 5.38. The molecule has 0 saturated heterocycles. The molecule has 0 fully saturated rings. The van der Waals surface area contributed by atoms with Crippen molar-refractivity contribution in [2.45, 2.75) is 41.7 Å². The summed E-state index contributed by atoms with van der Waals surface area (Å²) in [6.07, 6.45) is 5.25. The van der Waals surface area contributed by atoms with Crippen LogP contribution < -0.4 is 0 Å². The Morgan fingerprint density at radius 3 is 3.00 bits per heavy atom. The highest BCUT2D eigenvalue weighted by atomic mass is 35.5. The lowest BCUT2D eigenvalue weighted by Crippen LogP contribution is -2.01. The number of aromatic nitrogens is 4. The van der Waals surface area contributed by atoms with Gasteiger partial charge in [0.2, 0.25) is 0 Å². The molecule has 0 spiro atoms. The molecule has 0 unspecified atom stereocenters. The van der Waals surface area contributed by atoms with Gasteiger partial charge in [0.25, 0.3) is 0 Å². The van der Waals surface area contributed by atoms with Crippen molar-refractivity contribution in [3.63, 3.8) is 0 Å². The quantitative estimate of drug-likeness (QED) is 0.815. The van der Waals surface area contributed by atoms with Crippen molar-refractivity contribution in [3.05, 3.63) is 15.9 Å². The van der Waals surface area contributed by atoms with E-state index in [0.29, 0.717) is 4.88 Å². The second-order valence-electron chi connectivity index (χ2n) is 4.22. The van der Waals surface area contributed by atoms with Crippen LogP contribution in [0.4, 0.5) is 0 Å². The van der Waals surface area contributed by atoms with Crippen LogP contribution in [0.1, 0.15) is 34.8 Å². The van der Waals surface area contributed by atoms with E-state index in [1.165, 1.54) is 35.9 Å². The number of aryl methyl sites for hydroxylation is 1. The van der Waals surface area contributed by atoms with E-state index in [4.69, 9.17) is 11.6 Å². The number of halogens is 1. The summed E-state index contributed by atoms with van der Waals surface area (Å²) in [4.78, 5) is 15.4. The molecule has 0 amide bonds. The highest BCUT2D eigenvalue weighted by Gasteiger charge is 2.18. The molecule has 0 radical (unpaired) electrons. The second kappa shape index (κ2) is 5.60. The van der Waals surface area contributed by atoms with Gasteiger partial charge in [-0.05, 0) is 24.6 Å². The Bertz CT molecular complexity index is 610.